The lowest BCUT2D eigenvalue weighted by Gasteiger charge is -2.18. The molecular weight excluding hydrogens is 226 g/mol. The average molecular weight is 249 g/mol. The summed E-state index contributed by atoms with van der Waals surface area (Å²) in [5.74, 6) is 0.0967. The van der Waals surface area contributed by atoms with E-state index in [2.05, 4.69) is 18.9 Å². The van der Waals surface area contributed by atoms with Gasteiger partial charge in [0.25, 0.3) is 5.91 Å². The number of rotatable bonds is 2. The quantitative estimate of drug-likeness (QED) is 0.808. The van der Waals surface area contributed by atoms with Crippen LogP contribution in [0.4, 0.5) is 0 Å². The van der Waals surface area contributed by atoms with E-state index in [4.69, 9.17) is 0 Å². The summed E-state index contributed by atoms with van der Waals surface area (Å²) in [7, 11) is 0. The summed E-state index contributed by atoms with van der Waals surface area (Å²) in [6.45, 7) is 7.94. The van der Waals surface area contributed by atoms with Crippen LogP contribution in [0.15, 0.2) is 6.07 Å². The molecule has 0 N–H and O–H groups in total. The van der Waals surface area contributed by atoms with Crippen LogP contribution in [-0.4, -0.2) is 33.7 Å². The molecule has 0 unspecified atom stereocenters. The van der Waals surface area contributed by atoms with Crippen molar-refractivity contribution in [2.75, 3.05) is 13.1 Å². The first kappa shape index (κ1) is 13.1. The maximum Gasteiger partial charge on any atom is 0.274 e. The van der Waals surface area contributed by atoms with Crippen LogP contribution in [0.3, 0.4) is 0 Å². The number of hydrogen-bond donors (Lipinski definition) is 0. The van der Waals surface area contributed by atoms with Crippen molar-refractivity contribution in [1.29, 1.82) is 0 Å². The molecule has 0 saturated carbocycles. The second-order valence-corrected chi connectivity index (χ2v) is 5.42. The van der Waals surface area contributed by atoms with E-state index in [0.717, 1.165) is 31.6 Å². The zero-order chi connectivity index (χ0) is 13.1. The molecule has 100 valence electrons. The molecule has 1 saturated heterocycles. The molecule has 1 amide bonds. The molecular formula is C14H23N3O. The summed E-state index contributed by atoms with van der Waals surface area (Å²) in [6.07, 6.45) is 4.72. The van der Waals surface area contributed by atoms with E-state index in [0.29, 0.717) is 11.7 Å². The van der Waals surface area contributed by atoms with Crippen molar-refractivity contribution in [2.45, 2.75) is 52.5 Å². The number of hydrogen-bond acceptors (Lipinski definition) is 2. The summed E-state index contributed by atoms with van der Waals surface area (Å²) in [6, 6.07) is 2.21. The van der Waals surface area contributed by atoms with Crippen LogP contribution in [-0.2, 0) is 0 Å². The van der Waals surface area contributed by atoms with Gasteiger partial charge in [0.05, 0.1) is 0 Å². The van der Waals surface area contributed by atoms with Gasteiger partial charge in [0, 0.05) is 24.8 Å². The Bertz CT molecular complexity index is 415. The molecule has 0 aromatic carbocycles. The number of carbonyl (C=O) groups is 1. The number of nitrogens with zero attached hydrogens (tertiary/aromatic N) is 3. The predicted molar refractivity (Wildman–Crippen MR) is 71.7 cm³/mol. The highest BCUT2D eigenvalue weighted by Gasteiger charge is 2.20. The number of carbonyl (C=O) groups excluding carboxylic acids is 1. The van der Waals surface area contributed by atoms with E-state index in [-0.39, 0.29) is 5.91 Å². The molecule has 1 aliphatic heterocycles. The topological polar surface area (TPSA) is 38.1 Å². The Hall–Kier alpha value is -1.32. The molecule has 18 heavy (non-hydrogen) atoms. The molecule has 1 fully saturated rings. The van der Waals surface area contributed by atoms with Crippen molar-refractivity contribution in [3.05, 3.63) is 17.5 Å². The van der Waals surface area contributed by atoms with Crippen LogP contribution in [0, 0.1) is 6.92 Å². The summed E-state index contributed by atoms with van der Waals surface area (Å²) in [5.41, 5.74) is 1.66. The normalized spacial score (nSPS) is 17.0. The zero-order valence-corrected chi connectivity index (χ0v) is 11.6. The van der Waals surface area contributed by atoms with Gasteiger partial charge in [-0.3, -0.25) is 9.48 Å². The molecule has 4 nitrogen and oxygen atoms in total. The Kier molecular flexibility index (Phi) is 4.04. The second kappa shape index (κ2) is 5.55. The van der Waals surface area contributed by atoms with Crippen molar-refractivity contribution >= 4 is 5.91 Å². The van der Waals surface area contributed by atoms with E-state index >= 15 is 0 Å². The summed E-state index contributed by atoms with van der Waals surface area (Å²) < 4.78 is 1.92. The molecule has 0 aliphatic carbocycles. The van der Waals surface area contributed by atoms with Gasteiger partial charge in [0.15, 0.2) is 5.69 Å². The lowest BCUT2D eigenvalue weighted by atomic mass is 10.2. The highest BCUT2D eigenvalue weighted by Crippen LogP contribution is 2.15. The molecule has 1 aromatic rings. The largest absolute Gasteiger partial charge is 0.337 e. The molecule has 0 radical (unpaired) electrons. The van der Waals surface area contributed by atoms with Crippen LogP contribution >= 0.6 is 0 Å². The summed E-state index contributed by atoms with van der Waals surface area (Å²) >= 11 is 0. The third kappa shape index (κ3) is 2.74. The Morgan fingerprint density at radius 3 is 2.33 bits per heavy atom. The minimum Gasteiger partial charge on any atom is -0.337 e. The molecule has 2 heterocycles. The molecule has 4 heteroatoms. The third-order valence-corrected chi connectivity index (χ3v) is 3.52. The van der Waals surface area contributed by atoms with Crippen molar-refractivity contribution < 1.29 is 4.79 Å². The summed E-state index contributed by atoms with van der Waals surface area (Å²) in [5, 5.41) is 4.44. The molecule has 2 rings (SSSR count). The monoisotopic (exact) mass is 249 g/mol. The van der Waals surface area contributed by atoms with Gasteiger partial charge < -0.3 is 4.90 Å². The predicted octanol–water partition coefficient (Wildman–Crippen LogP) is 2.79. The first-order chi connectivity index (χ1) is 8.59. The van der Waals surface area contributed by atoms with Gasteiger partial charge in [0.2, 0.25) is 0 Å². The van der Waals surface area contributed by atoms with Crippen molar-refractivity contribution in [3.63, 3.8) is 0 Å². The Labute approximate surface area is 109 Å². The smallest absolute Gasteiger partial charge is 0.274 e. The number of likely N-dealkylation sites (tertiary alicyclic amines) is 1. The van der Waals surface area contributed by atoms with Gasteiger partial charge >= 0.3 is 0 Å². The Balaban J connectivity index is 2.14. The van der Waals surface area contributed by atoms with Gasteiger partial charge in [-0.2, -0.15) is 5.10 Å². The highest BCUT2D eigenvalue weighted by molar-refractivity contribution is 5.92. The van der Waals surface area contributed by atoms with E-state index < -0.39 is 0 Å². The molecule has 0 atom stereocenters. The van der Waals surface area contributed by atoms with Gasteiger partial charge in [-0.05, 0) is 39.7 Å². The maximum absolute atomic E-state index is 12.4. The number of amides is 1. The first-order valence-corrected chi connectivity index (χ1v) is 6.95. The van der Waals surface area contributed by atoms with Crippen LogP contribution < -0.4 is 0 Å². The molecule has 1 aliphatic rings. The van der Waals surface area contributed by atoms with E-state index in [9.17, 15) is 4.79 Å². The fourth-order valence-corrected chi connectivity index (χ4v) is 2.55. The van der Waals surface area contributed by atoms with Gasteiger partial charge in [-0.1, -0.05) is 12.8 Å². The van der Waals surface area contributed by atoms with Crippen LogP contribution in [0.5, 0.6) is 0 Å². The van der Waals surface area contributed by atoms with Crippen molar-refractivity contribution in [1.82, 2.24) is 14.7 Å². The van der Waals surface area contributed by atoms with Crippen LogP contribution in [0.25, 0.3) is 0 Å². The zero-order valence-electron chi connectivity index (χ0n) is 11.6. The van der Waals surface area contributed by atoms with Crippen LogP contribution in [0.1, 0.15) is 61.8 Å². The van der Waals surface area contributed by atoms with Gasteiger partial charge in [0.1, 0.15) is 0 Å². The SMILES string of the molecule is Cc1cc(C(=O)N2CCCCCC2)nn1C(C)C. The summed E-state index contributed by atoms with van der Waals surface area (Å²) in [4.78, 5) is 14.3. The fraction of sp³-hybridized carbons (Fsp3) is 0.714. The van der Waals surface area contributed by atoms with E-state index in [1.54, 1.807) is 0 Å². The lowest BCUT2D eigenvalue weighted by Crippen LogP contribution is -2.32. The minimum atomic E-state index is 0.0967. The Morgan fingerprint density at radius 1 is 1.22 bits per heavy atom. The Morgan fingerprint density at radius 2 is 1.83 bits per heavy atom. The van der Waals surface area contributed by atoms with Gasteiger partial charge in [-0.25, -0.2) is 0 Å². The third-order valence-electron chi connectivity index (χ3n) is 3.52. The average Bonchev–Trinajstić information content (AvgIpc) is 2.56. The molecule has 0 bridgehead atoms. The molecule has 0 spiro atoms. The molecule has 1 aromatic heterocycles. The number of aryl methyl sites for hydroxylation is 1. The van der Waals surface area contributed by atoms with E-state index in [1.807, 2.05) is 22.6 Å². The van der Waals surface area contributed by atoms with Gasteiger partial charge in [-0.15, -0.1) is 0 Å². The van der Waals surface area contributed by atoms with Crippen molar-refractivity contribution in [3.8, 4) is 0 Å². The lowest BCUT2D eigenvalue weighted by molar-refractivity contribution is 0.0754. The standard InChI is InChI=1S/C14H23N3O/c1-11(2)17-12(3)10-13(15-17)14(18)16-8-6-4-5-7-9-16/h10-11H,4-9H2,1-3H3. The minimum absolute atomic E-state index is 0.0967. The van der Waals surface area contributed by atoms with Crippen LogP contribution in [0.2, 0.25) is 0 Å². The number of aromatic nitrogens is 2. The highest BCUT2D eigenvalue weighted by atomic mass is 16.2. The van der Waals surface area contributed by atoms with E-state index in [1.165, 1.54) is 12.8 Å². The second-order valence-electron chi connectivity index (χ2n) is 5.42. The first-order valence-electron chi connectivity index (χ1n) is 6.95. The fourth-order valence-electron chi connectivity index (χ4n) is 2.55. The van der Waals surface area contributed by atoms with Crippen molar-refractivity contribution in [2.24, 2.45) is 0 Å². The maximum atomic E-state index is 12.4.